The van der Waals surface area contributed by atoms with E-state index in [1.54, 1.807) is 0 Å². The van der Waals surface area contributed by atoms with Crippen LogP contribution < -0.4 is 10.6 Å². The Kier molecular flexibility index (Phi) is 4.66. The molecule has 1 saturated carbocycles. The van der Waals surface area contributed by atoms with E-state index in [9.17, 15) is 4.79 Å². The maximum Gasteiger partial charge on any atom is 0.237 e. The van der Waals surface area contributed by atoms with E-state index >= 15 is 0 Å². The molecule has 0 bridgehead atoms. The molecule has 1 aliphatic carbocycles. The molecule has 0 radical (unpaired) electrons. The van der Waals surface area contributed by atoms with Gasteiger partial charge in [-0.15, -0.1) is 0 Å². The zero-order valence-corrected chi connectivity index (χ0v) is 12.0. The van der Waals surface area contributed by atoms with Gasteiger partial charge in [-0.1, -0.05) is 27.2 Å². The third-order valence-corrected chi connectivity index (χ3v) is 4.73. The molecule has 2 N–H and O–H groups in total. The molecule has 4 atom stereocenters. The quantitative estimate of drug-likeness (QED) is 0.809. The second kappa shape index (κ2) is 6.05. The van der Waals surface area contributed by atoms with E-state index in [2.05, 4.69) is 31.4 Å². The average Bonchev–Trinajstić information content (AvgIpc) is 2.81. The van der Waals surface area contributed by atoms with E-state index in [1.807, 2.05) is 0 Å². The topological polar surface area (TPSA) is 41.1 Å². The Balaban J connectivity index is 1.93. The lowest BCUT2D eigenvalue weighted by atomic mass is 9.74. The Morgan fingerprint density at radius 3 is 2.67 bits per heavy atom. The summed E-state index contributed by atoms with van der Waals surface area (Å²) in [5.74, 6) is 2.31. The van der Waals surface area contributed by atoms with Gasteiger partial charge in [0.25, 0.3) is 0 Å². The molecular formula is C15H28N2O. The monoisotopic (exact) mass is 252 g/mol. The zero-order valence-electron chi connectivity index (χ0n) is 12.0. The van der Waals surface area contributed by atoms with E-state index < -0.39 is 0 Å². The molecule has 2 aliphatic rings. The van der Waals surface area contributed by atoms with Crippen LogP contribution in [0.1, 0.15) is 52.9 Å². The predicted octanol–water partition coefficient (Wildman–Crippen LogP) is 2.32. The van der Waals surface area contributed by atoms with E-state index in [4.69, 9.17) is 0 Å². The number of amides is 1. The Morgan fingerprint density at radius 2 is 2.06 bits per heavy atom. The van der Waals surface area contributed by atoms with Gasteiger partial charge in [0.1, 0.15) is 0 Å². The first-order valence-corrected chi connectivity index (χ1v) is 7.61. The van der Waals surface area contributed by atoms with Crippen molar-refractivity contribution in [1.82, 2.24) is 10.6 Å². The smallest absolute Gasteiger partial charge is 0.237 e. The SMILES string of the molecule is CC(C)[C@@H]1CC[C@@H](C)C[C@@H]1NC(=O)[C@@H]1CCCN1. The number of nitrogens with one attached hydrogen (secondary N) is 2. The molecule has 1 saturated heterocycles. The minimum atomic E-state index is 0.0649. The van der Waals surface area contributed by atoms with Crippen molar-refractivity contribution < 1.29 is 4.79 Å². The van der Waals surface area contributed by atoms with Crippen LogP contribution in [-0.4, -0.2) is 24.5 Å². The van der Waals surface area contributed by atoms with E-state index in [1.165, 1.54) is 12.8 Å². The molecule has 0 aromatic carbocycles. The number of carbonyl (C=O) groups is 1. The van der Waals surface area contributed by atoms with Gasteiger partial charge in [0.05, 0.1) is 6.04 Å². The minimum Gasteiger partial charge on any atom is -0.352 e. The second-order valence-electron chi connectivity index (χ2n) is 6.59. The van der Waals surface area contributed by atoms with E-state index in [-0.39, 0.29) is 11.9 Å². The first-order valence-electron chi connectivity index (χ1n) is 7.61. The predicted molar refractivity (Wildman–Crippen MR) is 74.3 cm³/mol. The molecule has 1 aliphatic heterocycles. The van der Waals surface area contributed by atoms with Crippen molar-refractivity contribution in [2.24, 2.45) is 17.8 Å². The molecule has 3 nitrogen and oxygen atoms in total. The normalized spacial score (nSPS) is 36.9. The summed E-state index contributed by atoms with van der Waals surface area (Å²) in [4.78, 5) is 12.2. The molecule has 2 fully saturated rings. The van der Waals surface area contributed by atoms with Crippen molar-refractivity contribution in [3.8, 4) is 0 Å². The highest BCUT2D eigenvalue weighted by Crippen LogP contribution is 2.33. The minimum absolute atomic E-state index is 0.0649. The van der Waals surface area contributed by atoms with Gasteiger partial charge in [0.2, 0.25) is 5.91 Å². The summed E-state index contributed by atoms with van der Waals surface area (Å²) in [6, 6.07) is 0.457. The van der Waals surface area contributed by atoms with Crippen LogP contribution in [0, 0.1) is 17.8 Å². The van der Waals surface area contributed by atoms with Crippen molar-refractivity contribution in [3.05, 3.63) is 0 Å². The highest BCUT2D eigenvalue weighted by molar-refractivity contribution is 5.82. The van der Waals surface area contributed by atoms with Gasteiger partial charge in [0, 0.05) is 6.04 Å². The summed E-state index contributed by atoms with van der Waals surface area (Å²) in [7, 11) is 0. The van der Waals surface area contributed by atoms with Crippen LogP contribution in [0.2, 0.25) is 0 Å². The molecule has 0 unspecified atom stereocenters. The van der Waals surface area contributed by atoms with Gasteiger partial charge >= 0.3 is 0 Å². The lowest BCUT2D eigenvalue weighted by Gasteiger charge is -2.38. The number of hydrogen-bond acceptors (Lipinski definition) is 2. The van der Waals surface area contributed by atoms with Crippen LogP contribution in [-0.2, 0) is 4.79 Å². The molecule has 1 amide bonds. The third-order valence-electron chi connectivity index (χ3n) is 4.73. The molecule has 3 heteroatoms. The summed E-state index contributed by atoms with van der Waals surface area (Å²) >= 11 is 0. The van der Waals surface area contributed by atoms with Crippen LogP contribution in [0.3, 0.4) is 0 Å². The fourth-order valence-electron chi connectivity index (χ4n) is 3.56. The first-order chi connectivity index (χ1) is 8.58. The van der Waals surface area contributed by atoms with Crippen molar-refractivity contribution >= 4 is 5.91 Å². The summed E-state index contributed by atoms with van der Waals surface area (Å²) in [6.45, 7) is 7.87. The van der Waals surface area contributed by atoms with Crippen molar-refractivity contribution in [2.75, 3.05) is 6.54 Å². The van der Waals surface area contributed by atoms with Crippen LogP contribution in [0.25, 0.3) is 0 Å². The molecule has 2 rings (SSSR count). The van der Waals surface area contributed by atoms with Crippen molar-refractivity contribution in [2.45, 2.75) is 65.0 Å². The fraction of sp³-hybridized carbons (Fsp3) is 0.933. The second-order valence-corrected chi connectivity index (χ2v) is 6.59. The molecule has 104 valence electrons. The fourth-order valence-corrected chi connectivity index (χ4v) is 3.56. The molecule has 1 heterocycles. The highest BCUT2D eigenvalue weighted by atomic mass is 16.2. The highest BCUT2D eigenvalue weighted by Gasteiger charge is 2.33. The van der Waals surface area contributed by atoms with Gasteiger partial charge in [-0.3, -0.25) is 4.79 Å². The van der Waals surface area contributed by atoms with E-state index in [0.717, 1.165) is 31.7 Å². The van der Waals surface area contributed by atoms with Crippen LogP contribution >= 0.6 is 0 Å². The van der Waals surface area contributed by atoms with Gasteiger partial charge in [-0.2, -0.15) is 0 Å². The van der Waals surface area contributed by atoms with Gasteiger partial charge in [-0.05, 0) is 50.0 Å². The largest absolute Gasteiger partial charge is 0.352 e. The molecule has 0 aromatic rings. The van der Waals surface area contributed by atoms with Gasteiger partial charge in [-0.25, -0.2) is 0 Å². The Bertz CT molecular complexity index is 284. The maximum atomic E-state index is 12.2. The van der Waals surface area contributed by atoms with Gasteiger partial charge in [0.15, 0.2) is 0 Å². The number of carbonyl (C=O) groups excluding carboxylic acids is 1. The lowest BCUT2D eigenvalue weighted by molar-refractivity contribution is -0.124. The average molecular weight is 252 g/mol. The van der Waals surface area contributed by atoms with Crippen LogP contribution in [0.15, 0.2) is 0 Å². The van der Waals surface area contributed by atoms with Crippen molar-refractivity contribution in [1.29, 1.82) is 0 Å². The Morgan fingerprint density at radius 1 is 1.28 bits per heavy atom. The van der Waals surface area contributed by atoms with E-state index in [0.29, 0.717) is 17.9 Å². The number of rotatable bonds is 3. The molecule has 0 aromatic heterocycles. The van der Waals surface area contributed by atoms with Crippen molar-refractivity contribution in [3.63, 3.8) is 0 Å². The maximum absolute atomic E-state index is 12.2. The standard InChI is InChI=1S/C15H28N2O/c1-10(2)12-7-6-11(3)9-14(12)17-15(18)13-5-4-8-16-13/h10-14,16H,4-9H2,1-3H3,(H,17,18)/t11-,12+,13+,14+/m1/s1. The summed E-state index contributed by atoms with van der Waals surface area (Å²) in [5.41, 5.74) is 0. The number of hydrogen-bond donors (Lipinski definition) is 2. The third kappa shape index (κ3) is 3.25. The van der Waals surface area contributed by atoms with Crippen LogP contribution in [0.5, 0.6) is 0 Å². The summed E-state index contributed by atoms with van der Waals surface area (Å²) in [6.07, 6.45) is 5.87. The molecule has 0 spiro atoms. The van der Waals surface area contributed by atoms with Gasteiger partial charge < -0.3 is 10.6 Å². The first kappa shape index (κ1) is 13.9. The summed E-state index contributed by atoms with van der Waals surface area (Å²) in [5, 5.41) is 6.61. The Labute approximate surface area is 111 Å². The molecular weight excluding hydrogens is 224 g/mol. The lowest BCUT2D eigenvalue weighted by Crippen LogP contribution is -2.50. The zero-order chi connectivity index (χ0) is 13.1. The molecule has 18 heavy (non-hydrogen) atoms. The summed E-state index contributed by atoms with van der Waals surface area (Å²) < 4.78 is 0. The Hall–Kier alpha value is -0.570. The van der Waals surface area contributed by atoms with Crippen LogP contribution in [0.4, 0.5) is 0 Å².